The lowest BCUT2D eigenvalue weighted by Crippen LogP contribution is -2.32. The second kappa shape index (κ2) is 7.99. The van der Waals surface area contributed by atoms with Crippen molar-refractivity contribution in [2.24, 2.45) is 0 Å². The minimum absolute atomic E-state index is 0.0406. The number of hydrogen-bond acceptors (Lipinski definition) is 3. The molecule has 0 heterocycles. The van der Waals surface area contributed by atoms with Crippen molar-refractivity contribution in [3.8, 4) is 0 Å². The predicted molar refractivity (Wildman–Crippen MR) is 84.7 cm³/mol. The van der Waals surface area contributed by atoms with E-state index in [1.54, 1.807) is 32.9 Å². The first kappa shape index (κ1) is 19.7. The maximum absolute atomic E-state index is 12.6. The van der Waals surface area contributed by atoms with E-state index in [9.17, 15) is 22.8 Å². The fourth-order valence-electron chi connectivity index (χ4n) is 1.79. The van der Waals surface area contributed by atoms with Crippen LogP contribution in [0.2, 0.25) is 0 Å². The van der Waals surface area contributed by atoms with Crippen LogP contribution in [0.3, 0.4) is 0 Å². The second-order valence-electron chi connectivity index (χ2n) is 6.08. The van der Waals surface area contributed by atoms with Gasteiger partial charge >= 0.3 is 12.3 Å². The maximum Gasteiger partial charge on any atom is 0.416 e. The van der Waals surface area contributed by atoms with E-state index < -0.39 is 23.4 Å². The zero-order chi connectivity index (χ0) is 18.4. The number of halogens is 3. The highest BCUT2D eigenvalue weighted by Crippen LogP contribution is 2.30. The summed E-state index contributed by atoms with van der Waals surface area (Å²) in [6.07, 6.45) is -1.00. The fourth-order valence-corrected chi connectivity index (χ4v) is 1.79. The number of carbonyl (C=O) groups excluding carboxylic acids is 2. The van der Waals surface area contributed by atoms with Gasteiger partial charge in [0, 0.05) is 12.1 Å². The SMILES string of the molecule is CC(C)(C)OC(=O)NCCC=Cc1ccc(C(F)(F)F)cc1C=O. The Morgan fingerprint density at radius 1 is 1.21 bits per heavy atom. The molecule has 1 aromatic carbocycles. The molecule has 0 aliphatic rings. The van der Waals surface area contributed by atoms with Crippen molar-refractivity contribution in [1.82, 2.24) is 5.32 Å². The van der Waals surface area contributed by atoms with Crippen LogP contribution in [0.1, 0.15) is 48.7 Å². The lowest BCUT2D eigenvalue weighted by atomic mass is 10.0. The highest BCUT2D eigenvalue weighted by atomic mass is 19.4. The van der Waals surface area contributed by atoms with Crippen molar-refractivity contribution in [3.05, 3.63) is 41.0 Å². The van der Waals surface area contributed by atoms with Gasteiger partial charge in [-0.05, 0) is 44.9 Å². The standard InChI is InChI=1S/C17H20F3NO3/c1-16(2,3)24-15(23)21-9-5-4-6-12-7-8-14(17(18,19)20)10-13(12)11-22/h4,6-8,10-11H,5,9H2,1-3H3,(H,21,23). The molecule has 132 valence electrons. The number of alkyl halides is 3. The van der Waals surface area contributed by atoms with Crippen molar-refractivity contribution in [1.29, 1.82) is 0 Å². The number of hydrogen-bond donors (Lipinski definition) is 1. The van der Waals surface area contributed by atoms with Gasteiger partial charge in [0.15, 0.2) is 6.29 Å². The van der Waals surface area contributed by atoms with Gasteiger partial charge in [-0.15, -0.1) is 0 Å². The van der Waals surface area contributed by atoms with E-state index in [2.05, 4.69) is 5.32 Å². The normalized spacial score (nSPS) is 12.2. The van der Waals surface area contributed by atoms with Crippen molar-refractivity contribution in [2.75, 3.05) is 6.54 Å². The third-order valence-electron chi connectivity index (χ3n) is 2.82. The maximum atomic E-state index is 12.6. The third kappa shape index (κ3) is 6.85. The lowest BCUT2D eigenvalue weighted by molar-refractivity contribution is -0.137. The summed E-state index contributed by atoms with van der Waals surface area (Å²) in [6.45, 7) is 5.55. The van der Waals surface area contributed by atoms with Crippen LogP contribution in [-0.2, 0) is 10.9 Å². The van der Waals surface area contributed by atoms with Gasteiger partial charge in [0.2, 0.25) is 0 Å². The molecule has 1 rings (SSSR count). The highest BCUT2D eigenvalue weighted by molar-refractivity contribution is 5.82. The average molecular weight is 343 g/mol. The van der Waals surface area contributed by atoms with Crippen LogP contribution >= 0.6 is 0 Å². The Balaban J connectivity index is 2.59. The topological polar surface area (TPSA) is 55.4 Å². The molecule has 0 aromatic heterocycles. The zero-order valence-corrected chi connectivity index (χ0v) is 13.7. The summed E-state index contributed by atoms with van der Waals surface area (Å²) in [4.78, 5) is 22.4. The van der Waals surface area contributed by atoms with E-state index in [1.165, 1.54) is 6.07 Å². The molecule has 1 N–H and O–H groups in total. The zero-order valence-electron chi connectivity index (χ0n) is 13.7. The molecule has 0 aliphatic heterocycles. The van der Waals surface area contributed by atoms with Crippen molar-refractivity contribution >= 4 is 18.5 Å². The van der Waals surface area contributed by atoms with E-state index in [1.807, 2.05) is 0 Å². The van der Waals surface area contributed by atoms with Gasteiger partial charge in [0.1, 0.15) is 5.60 Å². The molecule has 0 bridgehead atoms. The van der Waals surface area contributed by atoms with Crippen LogP contribution in [-0.4, -0.2) is 24.5 Å². The summed E-state index contributed by atoms with van der Waals surface area (Å²) in [6, 6.07) is 2.97. The molecule has 0 saturated carbocycles. The van der Waals surface area contributed by atoms with Crippen LogP contribution in [0.15, 0.2) is 24.3 Å². The second-order valence-corrected chi connectivity index (χ2v) is 6.08. The molecule has 1 amide bonds. The molecule has 0 saturated heterocycles. The van der Waals surface area contributed by atoms with Gasteiger partial charge in [0.05, 0.1) is 5.56 Å². The van der Waals surface area contributed by atoms with Gasteiger partial charge in [-0.1, -0.05) is 18.2 Å². The van der Waals surface area contributed by atoms with Gasteiger partial charge in [-0.2, -0.15) is 13.2 Å². The predicted octanol–water partition coefficient (Wildman–Crippen LogP) is 4.45. The Labute approximate surface area is 138 Å². The van der Waals surface area contributed by atoms with Gasteiger partial charge < -0.3 is 10.1 Å². The molecule has 0 unspecified atom stereocenters. The van der Waals surface area contributed by atoms with Crippen LogP contribution in [0.4, 0.5) is 18.0 Å². The summed E-state index contributed by atoms with van der Waals surface area (Å²) in [5.74, 6) is 0. The summed E-state index contributed by atoms with van der Waals surface area (Å²) in [5.41, 5.74) is -1.11. The summed E-state index contributed by atoms with van der Waals surface area (Å²) < 4.78 is 42.8. The lowest BCUT2D eigenvalue weighted by Gasteiger charge is -2.19. The van der Waals surface area contributed by atoms with Crippen LogP contribution in [0, 0.1) is 0 Å². The number of carbonyl (C=O) groups is 2. The van der Waals surface area contributed by atoms with Crippen LogP contribution in [0.25, 0.3) is 6.08 Å². The quantitative estimate of drug-likeness (QED) is 0.635. The Morgan fingerprint density at radius 3 is 2.42 bits per heavy atom. The Bertz CT molecular complexity index is 616. The molecule has 7 heteroatoms. The number of aldehydes is 1. The van der Waals surface area contributed by atoms with E-state index >= 15 is 0 Å². The fraction of sp³-hybridized carbons (Fsp3) is 0.412. The molecule has 1 aromatic rings. The summed E-state index contributed by atoms with van der Waals surface area (Å²) in [7, 11) is 0. The van der Waals surface area contributed by atoms with Gasteiger partial charge in [0.25, 0.3) is 0 Å². The average Bonchev–Trinajstić information content (AvgIpc) is 2.44. The molecule has 0 radical (unpaired) electrons. The van der Waals surface area contributed by atoms with E-state index in [0.29, 0.717) is 24.8 Å². The third-order valence-corrected chi connectivity index (χ3v) is 2.82. The minimum atomic E-state index is -4.49. The Morgan fingerprint density at radius 2 is 1.88 bits per heavy atom. The molecular weight excluding hydrogens is 323 g/mol. The first-order chi connectivity index (χ1) is 11.0. The molecule has 0 spiro atoms. The summed E-state index contributed by atoms with van der Waals surface area (Å²) in [5, 5.41) is 2.55. The number of benzene rings is 1. The number of amides is 1. The molecule has 0 atom stereocenters. The molecule has 0 fully saturated rings. The number of ether oxygens (including phenoxy) is 1. The number of nitrogens with one attached hydrogen (secondary N) is 1. The largest absolute Gasteiger partial charge is 0.444 e. The first-order valence-electron chi connectivity index (χ1n) is 7.33. The molecule has 24 heavy (non-hydrogen) atoms. The van der Waals surface area contributed by atoms with E-state index in [0.717, 1.165) is 12.1 Å². The molecular formula is C17H20F3NO3. The number of alkyl carbamates (subject to hydrolysis) is 1. The Hall–Kier alpha value is -2.31. The van der Waals surface area contributed by atoms with Gasteiger partial charge in [-0.25, -0.2) is 4.79 Å². The number of rotatable bonds is 5. The van der Waals surface area contributed by atoms with E-state index in [-0.39, 0.29) is 5.56 Å². The van der Waals surface area contributed by atoms with Crippen LogP contribution in [0.5, 0.6) is 0 Å². The monoisotopic (exact) mass is 343 g/mol. The van der Waals surface area contributed by atoms with Gasteiger partial charge in [-0.3, -0.25) is 4.79 Å². The molecule has 0 aliphatic carbocycles. The first-order valence-corrected chi connectivity index (χ1v) is 7.33. The van der Waals surface area contributed by atoms with Crippen LogP contribution < -0.4 is 5.32 Å². The van der Waals surface area contributed by atoms with E-state index in [4.69, 9.17) is 4.74 Å². The summed E-state index contributed by atoms with van der Waals surface area (Å²) >= 11 is 0. The van der Waals surface area contributed by atoms with Crippen molar-refractivity contribution in [3.63, 3.8) is 0 Å². The molecule has 4 nitrogen and oxygen atoms in total. The van der Waals surface area contributed by atoms with Crippen molar-refractivity contribution in [2.45, 2.75) is 39.0 Å². The smallest absolute Gasteiger partial charge is 0.416 e. The van der Waals surface area contributed by atoms with Crippen molar-refractivity contribution < 1.29 is 27.5 Å². The minimum Gasteiger partial charge on any atom is -0.444 e. The highest BCUT2D eigenvalue weighted by Gasteiger charge is 2.30. The Kier molecular flexibility index (Phi) is 6.57.